The number of nitrogens with zero attached hydrogens (tertiary/aromatic N) is 1. The van der Waals surface area contributed by atoms with E-state index >= 15 is 0 Å². The lowest BCUT2D eigenvalue weighted by Crippen LogP contribution is -2.13. The molecule has 3 aromatic rings. The molecule has 4 rings (SSSR count). The summed E-state index contributed by atoms with van der Waals surface area (Å²) in [6.07, 6.45) is 4.10. The summed E-state index contributed by atoms with van der Waals surface area (Å²) in [5, 5.41) is 6.05. The van der Waals surface area contributed by atoms with Crippen molar-refractivity contribution < 1.29 is 4.79 Å². The van der Waals surface area contributed by atoms with Gasteiger partial charge >= 0.3 is 0 Å². The van der Waals surface area contributed by atoms with Crippen molar-refractivity contribution in [2.24, 2.45) is 5.92 Å². The number of nitrogens with one attached hydrogen (secondary N) is 1. The summed E-state index contributed by atoms with van der Waals surface area (Å²) in [5.74, 6) is 0.338. The molecule has 126 valence electrons. The first-order valence-electron chi connectivity index (χ1n) is 8.24. The second-order valence-electron chi connectivity index (χ2n) is 6.11. The van der Waals surface area contributed by atoms with E-state index in [0.29, 0.717) is 0 Å². The summed E-state index contributed by atoms with van der Waals surface area (Å²) in [5.41, 5.74) is 3.99. The van der Waals surface area contributed by atoms with Gasteiger partial charge < -0.3 is 5.32 Å². The van der Waals surface area contributed by atoms with Gasteiger partial charge in [0.2, 0.25) is 5.91 Å². The Labute approximate surface area is 155 Å². The highest BCUT2D eigenvalue weighted by Crippen LogP contribution is 2.33. The normalized spacial score (nSPS) is 13.6. The Morgan fingerprint density at radius 3 is 2.68 bits per heavy atom. The molecule has 0 spiro atoms. The lowest BCUT2D eigenvalue weighted by Gasteiger charge is -2.05. The fourth-order valence-electron chi connectivity index (χ4n) is 2.62. The fourth-order valence-corrected chi connectivity index (χ4v) is 3.85. The van der Waals surface area contributed by atoms with Crippen LogP contribution in [0.5, 0.6) is 0 Å². The molecule has 0 atom stereocenters. The van der Waals surface area contributed by atoms with Crippen molar-refractivity contribution in [3.63, 3.8) is 0 Å². The Balaban J connectivity index is 1.55. The molecule has 0 aliphatic heterocycles. The minimum absolute atomic E-state index is 0.130. The number of amides is 1. The predicted molar refractivity (Wildman–Crippen MR) is 106 cm³/mol. The molecule has 0 unspecified atom stereocenters. The number of anilines is 1. The quantitative estimate of drug-likeness (QED) is 0.602. The maximum Gasteiger partial charge on any atom is 0.227 e. The maximum atomic E-state index is 11.9. The molecule has 3 nitrogen and oxygen atoms in total. The van der Waals surface area contributed by atoms with E-state index in [-0.39, 0.29) is 11.8 Å². The molecule has 1 amide bonds. The van der Waals surface area contributed by atoms with Crippen LogP contribution in [0.15, 0.2) is 58.8 Å². The van der Waals surface area contributed by atoms with Gasteiger partial charge in [-0.1, -0.05) is 24.3 Å². The van der Waals surface area contributed by atoms with Gasteiger partial charge in [0.25, 0.3) is 0 Å². The standard InChI is InChI=1S/C20H18N2OS2/c1-24-17-9-7-13(8-10-17)18-12-25-20(22-18)15-3-2-4-16(11-15)21-19(23)14-5-6-14/h2-4,7-12,14H,5-6H2,1H3,(H,21,23). The number of carbonyl (C=O) groups excluding carboxylic acids is 1. The first-order valence-corrected chi connectivity index (χ1v) is 10.3. The molecule has 25 heavy (non-hydrogen) atoms. The second-order valence-corrected chi connectivity index (χ2v) is 7.85. The smallest absolute Gasteiger partial charge is 0.227 e. The number of hydrogen-bond acceptors (Lipinski definition) is 4. The van der Waals surface area contributed by atoms with E-state index in [4.69, 9.17) is 4.98 Å². The van der Waals surface area contributed by atoms with Crippen molar-refractivity contribution in [2.45, 2.75) is 17.7 Å². The highest BCUT2D eigenvalue weighted by molar-refractivity contribution is 7.98. The number of hydrogen-bond donors (Lipinski definition) is 1. The van der Waals surface area contributed by atoms with Crippen LogP contribution in [0.2, 0.25) is 0 Å². The zero-order valence-corrected chi connectivity index (χ0v) is 15.5. The Hall–Kier alpha value is -2.11. The number of thioether (sulfide) groups is 1. The van der Waals surface area contributed by atoms with Gasteiger partial charge in [-0.2, -0.15) is 0 Å². The number of thiazole rings is 1. The van der Waals surface area contributed by atoms with Gasteiger partial charge in [0.1, 0.15) is 5.01 Å². The van der Waals surface area contributed by atoms with Crippen LogP contribution in [0, 0.1) is 5.92 Å². The molecule has 1 N–H and O–H groups in total. The zero-order chi connectivity index (χ0) is 17.2. The third-order valence-corrected chi connectivity index (χ3v) is 5.85. The van der Waals surface area contributed by atoms with Crippen molar-refractivity contribution in [1.29, 1.82) is 0 Å². The van der Waals surface area contributed by atoms with Gasteiger partial charge in [0, 0.05) is 33.0 Å². The zero-order valence-electron chi connectivity index (χ0n) is 13.9. The molecule has 1 saturated carbocycles. The van der Waals surface area contributed by atoms with Crippen molar-refractivity contribution in [1.82, 2.24) is 4.98 Å². The molecule has 0 radical (unpaired) electrons. The molecule has 1 aromatic heterocycles. The summed E-state index contributed by atoms with van der Waals surface area (Å²) in [4.78, 5) is 18.0. The van der Waals surface area contributed by atoms with Gasteiger partial charge in [-0.3, -0.25) is 4.79 Å². The summed E-state index contributed by atoms with van der Waals surface area (Å²) in [7, 11) is 0. The topological polar surface area (TPSA) is 42.0 Å². The Morgan fingerprint density at radius 2 is 1.96 bits per heavy atom. The van der Waals surface area contributed by atoms with E-state index in [9.17, 15) is 4.79 Å². The van der Waals surface area contributed by atoms with Crippen molar-refractivity contribution in [3.8, 4) is 21.8 Å². The SMILES string of the molecule is CSc1ccc(-c2csc(-c3cccc(NC(=O)C4CC4)c3)n2)cc1. The third-order valence-electron chi connectivity index (χ3n) is 4.22. The fraction of sp³-hybridized carbons (Fsp3) is 0.200. The molecular weight excluding hydrogens is 348 g/mol. The summed E-state index contributed by atoms with van der Waals surface area (Å²) < 4.78 is 0. The van der Waals surface area contributed by atoms with Gasteiger partial charge in [-0.05, 0) is 43.4 Å². The highest BCUT2D eigenvalue weighted by atomic mass is 32.2. The minimum Gasteiger partial charge on any atom is -0.326 e. The highest BCUT2D eigenvalue weighted by Gasteiger charge is 2.29. The van der Waals surface area contributed by atoms with Crippen molar-refractivity contribution in [2.75, 3.05) is 11.6 Å². The van der Waals surface area contributed by atoms with Gasteiger partial charge in [-0.15, -0.1) is 23.1 Å². The number of aromatic nitrogens is 1. The summed E-state index contributed by atoms with van der Waals surface area (Å²) in [6, 6.07) is 16.4. The molecule has 1 aliphatic rings. The molecular formula is C20H18N2OS2. The summed E-state index contributed by atoms with van der Waals surface area (Å²) in [6.45, 7) is 0. The van der Waals surface area contributed by atoms with Crippen molar-refractivity contribution in [3.05, 3.63) is 53.9 Å². The van der Waals surface area contributed by atoms with Gasteiger partial charge in [-0.25, -0.2) is 4.98 Å². The van der Waals surface area contributed by atoms with E-state index in [0.717, 1.165) is 40.4 Å². The molecule has 0 saturated heterocycles. The minimum atomic E-state index is 0.130. The summed E-state index contributed by atoms with van der Waals surface area (Å²) >= 11 is 3.36. The van der Waals surface area contributed by atoms with E-state index in [2.05, 4.69) is 41.2 Å². The van der Waals surface area contributed by atoms with Crippen LogP contribution in [0.1, 0.15) is 12.8 Å². The van der Waals surface area contributed by atoms with Crippen LogP contribution in [0.3, 0.4) is 0 Å². The molecule has 1 aliphatic carbocycles. The second kappa shape index (κ2) is 7.02. The first-order chi connectivity index (χ1) is 12.2. The maximum absolute atomic E-state index is 11.9. The third kappa shape index (κ3) is 3.78. The van der Waals surface area contributed by atoms with Crippen LogP contribution in [0.25, 0.3) is 21.8 Å². The van der Waals surface area contributed by atoms with E-state index in [1.165, 1.54) is 4.90 Å². The Kier molecular flexibility index (Phi) is 4.59. The van der Waals surface area contributed by atoms with Crippen LogP contribution < -0.4 is 5.32 Å². The van der Waals surface area contributed by atoms with Crippen LogP contribution in [0.4, 0.5) is 5.69 Å². The monoisotopic (exact) mass is 366 g/mol. The van der Waals surface area contributed by atoms with Gasteiger partial charge in [0.05, 0.1) is 5.69 Å². The predicted octanol–water partition coefficient (Wildman–Crippen LogP) is 5.55. The average Bonchev–Trinajstić information content (AvgIpc) is 3.39. The van der Waals surface area contributed by atoms with Crippen molar-refractivity contribution >= 4 is 34.7 Å². The molecule has 5 heteroatoms. The van der Waals surface area contributed by atoms with Crippen LogP contribution in [-0.4, -0.2) is 17.1 Å². The van der Waals surface area contributed by atoms with E-state index in [1.54, 1.807) is 23.1 Å². The van der Waals surface area contributed by atoms with Gasteiger partial charge in [0.15, 0.2) is 0 Å². The Bertz CT molecular complexity index is 898. The first kappa shape index (κ1) is 16.4. The molecule has 0 bridgehead atoms. The average molecular weight is 367 g/mol. The van der Waals surface area contributed by atoms with E-state index < -0.39 is 0 Å². The number of rotatable bonds is 5. The molecule has 1 fully saturated rings. The lowest BCUT2D eigenvalue weighted by molar-refractivity contribution is -0.117. The number of carbonyl (C=O) groups is 1. The number of benzene rings is 2. The van der Waals surface area contributed by atoms with Crippen LogP contribution >= 0.6 is 23.1 Å². The van der Waals surface area contributed by atoms with E-state index in [1.807, 2.05) is 24.3 Å². The molecule has 2 aromatic carbocycles. The Morgan fingerprint density at radius 1 is 1.16 bits per heavy atom. The van der Waals surface area contributed by atoms with Crippen LogP contribution in [-0.2, 0) is 4.79 Å². The molecule has 1 heterocycles. The lowest BCUT2D eigenvalue weighted by atomic mass is 10.1. The largest absolute Gasteiger partial charge is 0.326 e.